The van der Waals surface area contributed by atoms with Gasteiger partial charge in [0.1, 0.15) is 6.54 Å². The number of carbonyl (C=O) groups is 2. The normalized spacial score (nSPS) is 23.1. The van der Waals surface area contributed by atoms with E-state index in [0.717, 1.165) is 22.5 Å². The fourth-order valence-electron chi connectivity index (χ4n) is 3.81. The number of rotatable bonds is 4. The van der Waals surface area contributed by atoms with Crippen LogP contribution in [0.3, 0.4) is 0 Å². The molecule has 2 aliphatic heterocycles. The molecular weight excluding hydrogens is 354 g/mol. The van der Waals surface area contributed by atoms with Crippen molar-refractivity contribution in [1.29, 1.82) is 0 Å². The standard InChI is InChI=1S/C18H25N3O4S/c1-13-5-4-6-15(9-13)21(26(3,24)25)12-17(22)20-10-14-7-8-19(2)18(23)16(14)11-20/h4-6,9,14,16H,7-8,10-12H2,1-3H3/t14-,16+/m1/s1. The number of hydrogen-bond acceptors (Lipinski definition) is 4. The van der Waals surface area contributed by atoms with Crippen LogP contribution in [0.2, 0.25) is 0 Å². The summed E-state index contributed by atoms with van der Waals surface area (Å²) in [6.45, 7) is 3.23. The van der Waals surface area contributed by atoms with Crippen molar-refractivity contribution < 1.29 is 18.0 Å². The molecule has 1 aromatic rings. The second-order valence-corrected chi connectivity index (χ2v) is 9.23. The van der Waals surface area contributed by atoms with Crippen LogP contribution in [0.4, 0.5) is 5.69 Å². The third-order valence-electron chi connectivity index (χ3n) is 5.29. The van der Waals surface area contributed by atoms with Gasteiger partial charge in [-0.05, 0) is 37.0 Å². The first kappa shape index (κ1) is 18.7. The summed E-state index contributed by atoms with van der Waals surface area (Å²) < 4.78 is 25.6. The van der Waals surface area contributed by atoms with E-state index in [1.807, 2.05) is 13.0 Å². The Morgan fingerprint density at radius 1 is 1.31 bits per heavy atom. The molecular formula is C18H25N3O4S. The van der Waals surface area contributed by atoms with Crippen molar-refractivity contribution in [1.82, 2.24) is 9.80 Å². The van der Waals surface area contributed by atoms with Crippen LogP contribution >= 0.6 is 0 Å². The Bertz CT molecular complexity index is 823. The van der Waals surface area contributed by atoms with Crippen molar-refractivity contribution in [2.45, 2.75) is 13.3 Å². The van der Waals surface area contributed by atoms with Gasteiger partial charge in [0.2, 0.25) is 21.8 Å². The van der Waals surface area contributed by atoms with E-state index in [-0.39, 0.29) is 30.2 Å². The molecule has 2 heterocycles. The highest BCUT2D eigenvalue weighted by atomic mass is 32.2. The summed E-state index contributed by atoms with van der Waals surface area (Å²) in [6.07, 6.45) is 1.98. The largest absolute Gasteiger partial charge is 0.345 e. The van der Waals surface area contributed by atoms with Crippen LogP contribution < -0.4 is 4.31 Å². The number of nitrogens with zero attached hydrogens (tertiary/aromatic N) is 3. The molecule has 7 nitrogen and oxygen atoms in total. The minimum absolute atomic E-state index is 0.0789. The molecule has 142 valence electrons. The lowest BCUT2D eigenvalue weighted by Crippen LogP contribution is -2.43. The summed E-state index contributed by atoms with van der Waals surface area (Å²) in [5.74, 6) is -0.173. The van der Waals surface area contributed by atoms with Crippen molar-refractivity contribution in [3.8, 4) is 0 Å². The van der Waals surface area contributed by atoms with Gasteiger partial charge in [-0.15, -0.1) is 0 Å². The van der Waals surface area contributed by atoms with Crippen LogP contribution in [0.1, 0.15) is 12.0 Å². The van der Waals surface area contributed by atoms with Crippen LogP contribution in [-0.4, -0.2) is 69.5 Å². The first-order valence-electron chi connectivity index (χ1n) is 8.74. The Labute approximate surface area is 154 Å². The minimum Gasteiger partial charge on any atom is -0.345 e. The maximum atomic E-state index is 12.8. The van der Waals surface area contributed by atoms with Gasteiger partial charge in [-0.1, -0.05) is 12.1 Å². The maximum absolute atomic E-state index is 12.8. The van der Waals surface area contributed by atoms with E-state index < -0.39 is 10.0 Å². The van der Waals surface area contributed by atoms with Crippen LogP contribution in [0.25, 0.3) is 0 Å². The Kier molecular flexibility index (Phi) is 4.96. The number of amides is 2. The number of fused-ring (bicyclic) bond motifs is 1. The van der Waals surface area contributed by atoms with Crippen LogP contribution in [0, 0.1) is 18.8 Å². The van der Waals surface area contributed by atoms with E-state index in [1.165, 1.54) is 0 Å². The van der Waals surface area contributed by atoms with E-state index in [1.54, 1.807) is 35.0 Å². The SMILES string of the molecule is Cc1cccc(N(CC(=O)N2C[C@H]3CCN(C)C(=O)[C@H]3C2)S(C)(=O)=O)c1. The minimum atomic E-state index is -3.59. The van der Waals surface area contributed by atoms with Crippen molar-refractivity contribution >= 4 is 27.5 Å². The Hall–Kier alpha value is -2.09. The Morgan fingerprint density at radius 3 is 2.69 bits per heavy atom. The molecule has 26 heavy (non-hydrogen) atoms. The monoisotopic (exact) mass is 379 g/mol. The van der Waals surface area contributed by atoms with Crippen molar-refractivity contribution in [2.24, 2.45) is 11.8 Å². The summed E-state index contributed by atoms with van der Waals surface area (Å²) in [5.41, 5.74) is 1.40. The van der Waals surface area contributed by atoms with Gasteiger partial charge in [0.05, 0.1) is 17.9 Å². The summed E-state index contributed by atoms with van der Waals surface area (Å²) >= 11 is 0. The molecule has 0 N–H and O–H groups in total. The highest BCUT2D eigenvalue weighted by Crippen LogP contribution is 2.32. The molecule has 0 saturated carbocycles. The molecule has 2 saturated heterocycles. The summed E-state index contributed by atoms with van der Waals surface area (Å²) in [7, 11) is -1.81. The van der Waals surface area contributed by atoms with Crippen molar-refractivity contribution in [3.05, 3.63) is 29.8 Å². The molecule has 3 rings (SSSR count). The highest BCUT2D eigenvalue weighted by molar-refractivity contribution is 7.92. The average Bonchev–Trinajstić information content (AvgIpc) is 3.00. The number of aryl methyl sites for hydroxylation is 1. The molecule has 2 atom stereocenters. The van der Waals surface area contributed by atoms with E-state index in [0.29, 0.717) is 25.3 Å². The first-order chi connectivity index (χ1) is 12.2. The molecule has 0 aromatic heterocycles. The van der Waals surface area contributed by atoms with E-state index in [2.05, 4.69) is 0 Å². The fourth-order valence-corrected chi connectivity index (χ4v) is 4.65. The van der Waals surface area contributed by atoms with Gasteiger partial charge < -0.3 is 9.80 Å². The zero-order valence-corrected chi connectivity index (χ0v) is 16.2. The third kappa shape index (κ3) is 3.70. The molecule has 0 radical (unpaired) electrons. The molecule has 2 fully saturated rings. The zero-order valence-electron chi connectivity index (χ0n) is 15.4. The lowest BCUT2D eigenvalue weighted by Gasteiger charge is -2.30. The zero-order chi connectivity index (χ0) is 19.1. The molecule has 0 bridgehead atoms. The molecule has 2 amide bonds. The molecule has 0 spiro atoms. The van der Waals surface area contributed by atoms with Gasteiger partial charge in [0.25, 0.3) is 0 Å². The number of benzene rings is 1. The van der Waals surface area contributed by atoms with Gasteiger partial charge in [0, 0.05) is 26.7 Å². The Balaban J connectivity index is 1.76. The number of piperidine rings is 1. The van der Waals surface area contributed by atoms with Gasteiger partial charge in [-0.25, -0.2) is 8.42 Å². The molecule has 0 aliphatic carbocycles. The summed E-state index contributed by atoms with van der Waals surface area (Å²) in [5, 5.41) is 0. The molecule has 1 aromatic carbocycles. The topological polar surface area (TPSA) is 78.0 Å². The highest BCUT2D eigenvalue weighted by Gasteiger charge is 2.43. The van der Waals surface area contributed by atoms with Gasteiger partial charge in [-0.2, -0.15) is 0 Å². The van der Waals surface area contributed by atoms with E-state index >= 15 is 0 Å². The van der Waals surface area contributed by atoms with Gasteiger partial charge in [-0.3, -0.25) is 13.9 Å². The van der Waals surface area contributed by atoms with Gasteiger partial charge >= 0.3 is 0 Å². The average molecular weight is 379 g/mol. The summed E-state index contributed by atoms with van der Waals surface area (Å²) in [4.78, 5) is 28.4. The maximum Gasteiger partial charge on any atom is 0.243 e. The van der Waals surface area contributed by atoms with Gasteiger partial charge in [0.15, 0.2) is 0 Å². The van der Waals surface area contributed by atoms with E-state index in [9.17, 15) is 18.0 Å². The van der Waals surface area contributed by atoms with E-state index in [4.69, 9.17) is 0 Å². The number of sulfonamides is 1. The quantitative estimate of drug-likeness (QED) is 0.771. The van der Waals surface area contributed by atoms with Crippen LogP contribution in [-0.2, 0) is 19.6 Å². The fraction of sp³-hybridized carbons (Fsp3) is 0.556. The second-order valence-electron chi connectivity index (χ2n) is 7.32. The smallest absolute Gasteiger partial charge is 0.243 e. The predicted molar refractivity (Wildman–Crippen MR) is 99.2 cm³/mol. The Morgan fingerprint density at radius 2 is 2.04 bits per heavy atom. The van der Waals surface area contributed by atoms with Crippen LogP contribution in [0.15, 0.2) is 24.3 Å². The van der Waals surface area contributed by atoms with Crippen molar-refractivity contribution in [3.63, 3.8) is 0 Å². The number of likely N-dealkylation sites (tertiary alicyclic amines) is 2. The summed E-state index contributed by atoms with van der Waals surface area (Å²) in [6, 6.07) is 7.07. The first-order valence-corrected chi connectivity index (χ1v) is 10.6. The second kappa shape index (κ2) is 6.90. The molecule has 0 unspecified atom stereocenters. The van der Waals surface area contributed by atoms with Crippen LogP contribution in [0.5, 0.6) is 0 Å². The predicted octanol–water partition coefficient (Wildman–Crippen LogP) is 0.698. The van der Waals surface area contributed by atoms with Crippen molar-refractivity contribution in [2.75, 3.05) is 43.8 Å². The number of carbonyl (C=O) groups excluding carboxylic acids is 2. The number of anilines is 1. The number of hydrogen-bond donors (Lipinski definition) is 0. The lowest BCUT2D eigenvalue weighted by atomic mass is 9.88. The molecule has 8 heteroatoms. The third-order valence-corrected chi connectivity index (χ3v) is 6.43. The lowest BCUT2D eigenvalue weighted by molar-refractivity contribution is -0.138. The molecule has 2 aliphatic rings.